The van der Waals surface area contributed by atoms with Crippen LogP contribution in [0.3, 0.4) is 0 Å². The zero-order valence-electron chi connectivity index (χ0n) is 15.3. The van der Waals surface area contributed by atoms with Crippen molar-refractivity contribution in [3.05, 3.63) is 5.82 Å². The van der Waals surface area contributed by atoms with Crippen LogP contribution in [0.1, 0.15) is 84.4 Å². The molecule has 0 amide bonds. The number of nitrogens with one attached hydrogen (secondary N) is 2. The van der Waals surface area contributed by atoms with Crippen LogP contribution in [0.25, 0.3) is 0 Å². The molecule has 0 bridgehead atoms. The van der Waals surface area contributed by atoms with Gasteiger partial charge in [-0.05, 0) is 19.3 Å². The van der Waals surface area contributed by atoms with Gasteiger partial charge in [0.1, 0.15) is 5.82 Å². The summed E-state index contributed by atoms with van der Waals surface area (Å²) in [5, 5.41) is 6.65. The number of hydrogen-bond acceptors (Lipinski definition) is 5. The summed E-state index contributed by atoms with van der Waals surface area (Å²) in [4.78, 5) is 13.6. The molecule has 0 atom stereocenters. The minimum absolute atomic E-state index is 0.719. The van der Waals surface area contributed by atoms with E-state index in [-0.39, 0.29) is 0 Å². The lowest BCUT2D eigenvalue weighted by molar-refractivity contribution is 0.621. The zero-order chi connectivity index (χ0) is 16.8. The largest absolute Gasteiger partial charge is 0.354 e. The van der Waals surface area contributed by atoms with E-state index in [9.17, 15) is 0 Å². The first-order valence-corrected chi connectivity index (χ1v) is 9.52. The summed E-state index contributed by atoms with van der Waals surface area (Å²) >= 11 is 0. The maximum atomic E-state index is 4.58. The van der Waals surface area contributed by atoms with Gasteiger partial charge in [-0.1, -0.05) is 59.3 Å². The number of aryl methyl sites for hydroxylation is 1. The molecule has 1 aromatic heterocycles. The van der Waals surface area contributed by atoms with Crippen LogP contribution in [0.15, 0.2) is 0 Å². The maximum absolute atomic E-state index is 4.58. The lowest BCUT2D eigenvalue weighted by Gasteiger charge is -2.10. The number of unbranched alkanes of at least 4 members (excludes halogenated alkanes) is 6. The van der Waals surface area contributed by atoms with Crippen LogP contribution >= 0.6 is 0 Å². The minimum Gasteiger partial charge on any atom is -0.354 e. The van der Waals surface area contributed by atoms with Gasteiger partial charge in [-0.15, -0.1) is 0 Å². The van der Waals surface area contributed by atoms with E-state index < -0.39 is 0 Å². The van der Waals surface area contributed by atoms with Crippen molar-refractivity contribution >= 4 is 11.9 Å². The molecule has 0 radical (unpaired) electrons. The molecule has 1 aromatic rings. The first kappa shape index (κ1) is 19.7. The minimum atomic E-state index is 0.719. The molecule has 5 heteroatoms. The van der Waals surface area contributed by atoms with Gasteiger partial charge >= 0.3 is 0 Å². The molecule has 0 saturated heterocycles. The Bertz CT molecular complexity index is 380. The SMILES string of the molecule is CCCCCCCc1nc(NCCCC)nc(NCCCC)n1. The molecule has 23 heavy (non-hydrogen) atoms. The summed E-state index contributed by atoms with van der Waals surface area (Å²) in [6.07, 6.45) is 11.9. The Morgan fingerprint density at radius 2 is 1.13 bits per heavy atom. The van der Waals surface area contributed by atoms with Gasteiger partial charge in [0, 0.05) is 19.5 Å². The summed E-state index contributed by atoms with van der Waals surface area (Å²) in [5.41, 5.74) is 0. The molecule has 0 fully saturated rings. The van der Waals surface area contributed by atoms with Gasteiger partial charge in [0.2, 0.25) is 11.9 Å². The third-order valence-corrected chi connectivity index (χ3v) is 3.81. The second kappa shape index (κ2) is 13.1. The van der Waals surface area contributed by atoms with Crippen molar-refractivity contribution in [3.8, 4) is 0 Å². The standard InChI is InChI=1S/C18H35N5/c1-4-7-10-11-12-13-16-21-17(19-14-8-5-2)23-18(22-16)20-15-9-6-3/h4-15H2,1-3H3,(H2,19,20,21,22,23). The van der Waals surface area contributed by atoms with Crippen molar-refractivity contribution in [1.29, 1.82) is 0 Å². The highest BCUT2D eigenvalue weighted by Gasteiger charge is 2.06. The van der Waals surface area contributed by atoms with Crippen LogP contribution in [-0.4, -0.2) is 28.0 Å². The zero-order valence-corrected chi connectivity index (χ0v) is 15.3. The Morgan fingerprint density at radius 3 is 1.65 bits per heavy atom. The molecule has 0 aliphatic rings. The van der Waals surface area contributed by atoms with Gasteiger partial charge in [-0.2, -0.15) is 15.0 Å². The molecule has 0 aromatic carbocycles. The van der Waals surface area contributed by atoms with Gasteiger partial charge < -0.3 is 10.6 Å². The molecule has 2 N–H and O–H groups in total. The van der Waals surface area contributed by atoms with Crippen molar-refractivity contribution in [2.45, 2.75) is 85.0 Å². The quantitative estimate of drug-likeness (QED) is 0.481. The van der Waals surface area contributed by atoms with Gasteiger partial charge in [-0.3, -0.25) is 0 Å². The number of hydrogen-bond donors (Lipinski definition) is 2. The fourth-order valence-electron chi connectivity index (χ4n) is 2.33. The lowest BCUT2D eigenvalue weighted by atomic mass is 10.1. The highest BCUT2D eigenvalue weighted by atomic mass is 15.2. The Balaban J connectivity index is 2.57. The molecule has 0 unspecified atom stereocenters. The van der Waals surface area contributed by atoms with Crippen LogP contribution in [0, 0.1) is 0 Å². The maximum Gasteiger partial charge on any atom is 0.227 e. The summed E-state index contributed by atoms with van der Waals surface area (Å²) < 4.78 is 0. The molecular formula is C18H35N5. The summed E-state index contributed by atoms with van der Waals surface area (Å²) in [6.45, 7) is 8.47. The smallest absolute Gasteiger partial charge is 0.227 e. The van der Waals surface area contributed by atoms with Crippen LogP contribution in [0.5, 0.6) is 0 Å². The van der Waals surface area contributed by atoms with Crippen LogP contribution < -0.4 is 10.6 Å². The molecule has 1 heterocycles. The van der Waals surface area contributed by atoms with E-state index in [4.69, 9.17) is 0 Å². The normalized spacial score (nSPS) is 10.7. The predicted molar refractivity (Wildman–Crippen MR) is 99.1 cm³/mol. The predicted octanol–water partition coefficient (Wildman–Crippen LogP) is 4.81. The fraction of sp³-hybridized carbons (Fsp3) is 0.833. The topological polar surface area (TPSA) is 62.7 Å². The van der Waals surface area contributed by atoms with Crippen molar-refractivity contribution in [1.82, 2.24) is 15.0 Å². The highest BCUT2D eigenvalue weighted by Crippen LogP contribution is 2.10. The average Bonchev–Trinajstić information content (AvgIpc) is 2.55. The Morgan fingerprint density at radius 1 is 0.609 bits per heavy atom. The summed E-state index contributed by atoms with van der Waals surface area (Å²) in [7, 11) is 0. The van der Waals surface area contributed by atoms with Crippen LogP contribution in [0.2, 0.25) is 0 Å². The Labute approximate surface area is 142 Å². The van der Waals surface area contributed by atoms with Crippen LogP contribution in [0.4, 0.5) is 11.9 Å². The monoisotopic (exact) mass is 321 g/mol. The van der Waals surface area contributed by atoms with E-state index in [0.717, 1.165) is 56.5 Å². The molecule has 1 rings (SSSR count). The van der Waals surface area contributed by atoms with E-state index in [1.54, 1.807) is 0 Å². The number of rotatable bonds is 14. The van der Waals surface area contributed by atoms with Crippen molar-refractivity contribution < 1.29 is 0 Å². The van der Waals surface area contributed by atoms with Gasteiger partial charge in [-0.25, -0.2) is 0 Å². The Kier molecular flexibility index (Phi) is 11.2. The lowest BCUT2D eigenvalue weighted by Crippen LogP contribution is -2.13. The van der Waals surface area contributed by atoms with Gasteiger partial charge in [0.25, 0.3) is 0 Å². The Hall–Kier alpha value is -1.39. The van der Waals surface area contributed by atoms with E-state index in [1.807, 2.05) is 0 Å². The third kappa shape index (κ3) is 9.36. The van der Waals surface area contributed by atoms with Gasteiger partial charge in [0.15, 0.2) is 0 Å². The molecule has 0 aliphatic heterocycles. The molecule has 0 spiro atoms. The summed E-state index contributed by atoms with van der Waals surface area (Å²) in [5.74, 6) is 2.35. The van der Waals surface area contributed by atoms with E-state index in [2.05, 4.69) is 46.4 Å². The fourth-order valence-corrected chi connectivity index (χ4v) is 2.33. The summed E-state index contributed by atoms with van der Waals surface area (Å²) in [6, 6.07) is 0. The molecule has 132 valence electrons. The number of nitrogens with zero attached hydrogens (tertiary/aromatic N) is 3. The van der Waals surface area contributed by atoms with E-state index in [1.165, 1.54) is 38.5 Å². The van der Waals surface area contributed by atoms with Gasteiger partial charge in [0.05, 0.1) is 0 Å². The number of anilines is 2. The highest BCUT2D eigenvalue weighted by molar-refractivity contribution is 5.34. The first-order valence-electron chi connectivity index (χ1n) is 9.52. The first-order chi connectivity index (χ1) is 11.3. The average molecular weight is 322 g/mol. The second-order valence-corrected chi connectivity index (χ2v) is 6.12. The molecular weight excluding hydrogens is 286 g/mol. The third-order valence-electron chi connectivity index (χ3n) is 3.81. The molecule has 0 aliphatic carbocycles. The van der Waals surface area contributed by atoms with Crippen molar-refractivity contribution in [2.75, 3.05) is 23.7 Å². The van der Waals surface area contributed by atoms with E-state index in [0.29, 0.717) is 0 Å². The second-order valence-electron chi connectivity index (χ2n) is 6.12. The van der Waals surface area contributed by atoms with Crippen molar-refractivity contribution in [2.24, 2.45) is 0 Å². The molecule has 0 saturated carbocycles. The molecule has 5 nitrogen and oxygen atoms in total. The number of aromatic nitrogens is 3. The van der Waals surface area contributed by atoms with E-state index >= 15 is 0 Å². The van der Waals surface area contributed by atoms with Crippen molar-refractivity contribution in [3.63, 3.8) is 0 Å². The van der Waals surface area contributed by atoms with Crippen LogP contribution in [-0.2, 0) is 6.42 Å².